The van der Waals surface area contributed by atoms with Crippen LogP contribution in [0.3, 0.4) is 0 Å². The molecule has 1 aliphatic heterocycles. The average molecular weight is 635 g/mol. The van der Waals surface area contributed by atoms with Crippen molar-refractivity contribution < 1.29 is 33.7 Å². The Morgan fingerprint density at radius 3 is 1.60 bits per heavy atom. The molecular weight excluding hydrogens is 576 g/mol. The molecule has 1 fully saturated rings. The average Bonchev–Trinajstić information content (AvgIpc) is 3.01. The van der Waals surface area contributed by atoms with E-state index in [-0.39, 0.29) is 18.1 Å². The fourth-order valence-corrected chi connectivity index (χ4v) is 4.97. The lowest BCUT2D eigenvalue weighted by atomic mass is 10.0. The molecule has 1 heterocycles. The van der Waals surface area contributed by atoms with Crippen molar-refractivity contribution in [2.24, 2.45) is 0 Å². The third kappa shape index (κ3) is 19.8. The van der Waals surface area contributed by atoms with Crippen LogP contribution in [-0.4, -0.2) is 161 Å². The number of aliphatic carboxylic acids is 1. The Balaban J connectivity index is 1.46. The second kappa shape index (κ2) is 24.0. The molecule has 0 amide bonds. The Kier molecular flexibility index (Phi) is 20.8. The molecule has 1 N–H and O–H groups in total. The number of carboxylic acids is 1. The topological polar surface area (TPSA) is 112 Å². The van der Waals surface area contributed by atoms with E-state index in [0.29, 0.717) is 78.7 Å². The highest BCUT2D eigenvalue weighted by Crippen LogP contribution is 2.09. The number of carbonyl (C=O) groups is 3. The minimum atomic E-state index is -0.818. The Morgan fingerprint density at radius 1 is 0.622 bits per heavy atom. The number of ether oxygens (including phenoxy) is 3. The van der Waals surface area contributed by atoms with Crippen LogP contribution in [0, 0.1) is 6.92 Å². The van der Waals surface area contributed by atoms with Gasteiger partial charge in [0.15, 0.2) is 5.78 Å². The van der Waals surface area contributed by atoms with E-state index in [1.54, 1.807) is 0 Å². The summed E-state index contributed by atoms with van der Waals surface area (Å²) in [4.78, 5) is 44.9. The molecule has 0 unspecified atom stereocenters. The first-order chi connectivity index (χ1) is 21.7. The van der Waals surface area contributed by atoms with Crippen molar-refractivity contribution in [3.63, 3.8) is 0 Å². The fraction of sp³-hybridized carbons (Fsp3) is 0.735. The van der Waals surface area contributed by atoms with Crippen molar-refractivity contribution in [2.75, 3.05) is 119 Å². The van der Waals surface area contributed by atoms with E-state index < -0.39 is 5.97 Å². The Morgan fingerprint density at radius 2 is 1.07 bits per heavy atom. The maximum Gasteiger partial charge on any atom is 0.317 e. The first-order valence-corrected chi connectivity index (χ1v) is 16.6. The van der Waals surface area contributed by atoms with Crippen molar-refractivity contribution in [1.29, 1.82) is 0 Å². The Hall–Kier alpha value is -2.25. The van der Waals surface area contributed by atoms with Gasteiger partial charge in [-0.25, -0.2) is 0 Å². The molecule has 11 nitrogen and oxygen atoms in total. The maximum atomic E-state index is 12.7. The van der Waals surface area contributed by atoms with Crippen molar-refractivity contribution in [2.45, 2.75) is 45.4 Å². The summed E-state index contributed by atoms with van der Waals surface area (Å²) in [7, 11) is 4.18. The van der Waals surface area contributed by atoms with E-state index in [9.17, 15) is 19.5 Å². The molecule has 1 aromatic rings. The SMILES string of the molecule is Cc1ccc(C(=O)CCCCOCCOCCOCCCCC(=O)CN2CCN(C)CCN(C)CCN(CC(=O)O)CC2)cc1. The van der Waals surface area contributed by atoms with Crippen LogP contribution in [-0.2, 0) is 23.8 Å². The van der Waals surface area contributed by atoms with Crippen LogP contribution >= 0.6 is 0 Å². The van der Waals surface area contributed by atoms with Gasteiger partial charge in [0.1, 0.15) is 5.78 Å². The molecule has 0 spiro atoms. The van der Waals surface area contributed by atoms with Crippen molar-refractivity contribution in [3.8, 4) is 0 Å². The largest absolute Gasteiger partial charge is 0.480 e. The summed E-state index contributed by atoms with van der Waals surface area (Å²) in [5.74, 6) is -0.421. The van der Waals surface area contributed by atoms with Gasteiger partial charge in [-0.2, -0.15) is 0 Å². The molecule has 0 bridgehead atoms. The zero-order valence-corrected chi connectivity index (χ0v) is 28.1. The van der Waals surface area contributed by atoms with Crippen LogP contribution in [0.5, 0.6) is 0 Å². The number of likely N-dealkylation sites (N-methyl/N-ethyl adjacent to an activating group) is 2. The highest BCUT2D eigenvalue weighted by Gasteiger charge is 2.17. The highest BCUT2D eigenvalue weighted by atomic mass is 16.5. The normalized spacial score (nSPS) is 16.7. The van der Waals surface area contributed by atoms with Crippen LogP contribution in [0.15, 0.2) is 24.3 Å². The van der Waals surface area contributed by atoms with Gasteiger partial charge in [0.25, 0.3) is 0 Å². The van der Waals surface area contributed by atoms with E-state index in [2.05, 4.69) is 28.8 Å². The molecular formula is C34H58N4O7. The summed E-state index contributed by atoms with van der Waals surface area (Å²) >= 11 is 0. The molecule has 0 atom stereocenters. The number of ketones is 2. The number of carbonyl (C=O) groups excluding carboxylic acids is 2. The number of benzene rings is 1. The van der Waals surface area contributed by atoms with Gasteiger partial charge in [0.2, 0.25) is 0 Å². The third-order valence-corrected chi connectivity index (χ3v) is 8.00. The Bertz CT molecular complexity index is 962. The van der Waals surface area contributed by atoms with Crippen LogP contribution < -0.4 is 0 Å². The molecule has 256 valence electrons. The molecule has 45 heavy (non-hydrogen) atoms. The van der Waals surface area contributed by atoms with Crippen LogP contribution in [0.4, 0.5) is 0 Å². The molecule has 1 aliphatic rings. The van der Waals surface area contributed by atoms with Gasteiger partial charge >= 0.3 is 5.97 Å². The summed E-state index contributed by atoms with van der Waals surface area (Å²) < 4.78 is 16.8. The van der Waals surface area contributed by atoms with Crippen LogP contribution in [0.1, 0.15) is 54.4 Å². The summed E-state index contributed by atoms with van der Waals surface area (Å²) in [6.45, 7) is 12.1. The maximum absolute atomic E-state index is 12.7. The van der Waals surface area contributed by atoms with E-state index in [1.807, 2.05) is 36.1 Å². The highest BCUT2D eigenvalue weighted by molar-refractivity contribution is 5.96. The molecule has 0 radical (unpaired) electrons. The van der Waals surface area contributed by atoms with Crippen LogP contribution in [0.25, 0.3) is 0 Å². The van der Waals surface area contributed by atoms with Gasteiger partial charge < -0.3 is 29.1 Å². The van der Waals surface area contributed by atoms with E-state index in [0.717, 1.165) is 69.5 Å². The zero-order valence-electron chi connectivity index (χ0n) is 28.1. The van der Waals surface area contributed by atoms with Crippen molar-refractivity contribution in [1.82, 2.24) is 19.6 Å². The smallest absolute Gasteiger partial charge is 0.317 e. The Labute approximate surface area is 270 Å². The summed E-state index contributed by atoms with van der Waals surface area (Å²) in [5.41, 5.74) is 1.93. The summed E-state index contributed by atoms with van der Waals surface area (Å²) in [5, 5.41) is 9.31. The van der Waals surface area contributed by atoms with Gasteiger partial charge in [-0.3, -0.25) is 24.2 Å². The van der Waals surface area contributed by atoms with E-state index in [4.69, 9.17) is 14.2 Å². The minimum absolute atomic E-state index is 0.0220. The molecule has 0 aromatic heterocycles. The number of rotatable bonds is 21. The van der Waals surface area contributed by atoms with Gasteiger partial charge in [-0.15, -0.1) is 0 Å². The van der Waals surface area contributed by atoms with E-state index in [1.165, 1.54) is 0 Å². The van der Waals surface area contributed by atoms with E-state index >= 15 is 0 Å². The van der Waals surface area contributed by atoms with Crippen molar-refractivity contribution in [3.05, 3.63) is 35.4 Å². The fourth-order valence-electron chi connectivity index (χ4n) is 4.97. The quantitative estimate of drug-likeness (QED) is 0.159. The number of aryl methyl sites for hydroxylation is 1. The lowest BCUT2D eigenvalue weighted by Crippen LogP contribution is -2.46. The molecule has 11 heteroatoms. The number of Topliss-reactive ketones (excluding diaryl/α,β-unsaturated/α-hetero) is 2. The van der Waals surface area contributed by atoms with Gasteiger partial charge in [-0.05, 0) is 46.7 Å². The van der Waals surface area contributed by atoms with Gasteiger partial charge in [0.05, 0.1) is 39.5 Å². The second-order valence-corrected chi connectivity index (χ2v) is 12.1. The minimum Gasteiger partial charge on any atom is -0.480 e. The molecule has 1 saturated heterocycles. The van der Waals surface area contributed by atoms with Crippen LogP contribution in [0.2, 0.25) is 0 Å². The summed E-state index contributed by atoms with van der Waals surface area (Å²) in [6, 6.07) is 7.71. The third-order valence-electron chi connectivity index (χ3n) is 8.00. The molecule has 1 aromatic carbocycles. The first-order valence-electron chi connectivity index (χ1n) is 16.6. The van der Waals surface area contributed by atoms with Gasteiger partial charge in [0, 0.05) is 84.0 Å². The lowest BCUT2D eigenvalue weighted by molar-refractivity contribution is -0.138. The predicted molar refractivity (Wildman–Crippen MR) is 176 cm³/mol. The zero-order chi connectivity index (χ0) is 32.7. The monoisotopic (exact) mass is 634 g/mol. The summed E-state index contributed by atoms with van der Waals surface area (Å²) in [6.07, 6.45) is 4.33. The lowest BCUT2D eigenvalue weighted by Gasteiger charge is -2.31. The van der Waals surface area contributed by atoms with Gasteiger partial charge in [-0.1, -0.05) is 29.8 Å². The number of hydrogen-bond acceptors (Lipinski definition) is 10. The van der Waals surface area contributed by atoms with Crippen molar-refractivity contribution >= 4 is 17.5 Å². The number of hydrogen-bond donors (Lipinski definition) is 1. The number of nitrogens with zero attached hydrogens (tertiary/aromatic N) is 4. The standard InChI is InChI=1S/C34H58N4O7/c1-30-10-12-31(13-11-30)33(40)9-5-7-23-44-25-27-45-26-24-43-22-6-4-8-32(39)28-37-18-16-35(2)14-15-36(3)17-19-38(21-20-37)29-34(41)42/h10-13H,4-9,14-29H2,1-3H3,(H,41,42). The second-order valence-electron chi connectivity index (χ2n) is 12.1. The molecule has 0 saturated carbocycles. The number of unbranched alkanes of at least 4 members (excludes halogenated alkanes) is 2. The number of carboxylic acid groups (broad SMARTS) is 1. The molecule has 2 rings (SSSR count). The predicted octanol–water partition coefficient (Wildman–Crippen LogP) is 2.70. The first kappa shape index (κ1) is 38.9. The molecule has 0 aliphatic carbocycles.